The van der Waals surface area contributed by atoms with Crippen LogP contribution in [-0.2, 0) is 0 Å². The zero-order chi connectivity index (χ0) is 13.8. The Morgan fingerprint density at radius 2 is 1.89 bits per heavy atom. The third kappa shape index (κ3) is 2.89. The molecule has 1 N–H and O–H groups in total. The van der Waals surface area contributed by atoms with Gasteiger partial charge in [0.1, 0.15) is 17.7 Å². The summed E-state index contributed by atoms with van der Waals surface area (Å²) in [7, 11) is 0. The van der Waals surface area contributed by atoms with Crippen LogP contribution in [0.5, 0.6) is 0 Å². The molecule has 1 unspecified atom stereocenters. The van der Waals surface area contributed by atoms with Crippen LogP contribution in [0.2, 0.25) is 0 Å². The Bertz CT molecular complexity index is 632. The molecule has 0 bridgehead atoms. The summed E-state index contributed by atoms with van der Waals surface area (Å²) >= 11 is 0. The van der Waals surface area contributed by atoms with Crippen LogP contribution in [0, 0.1) is 29.9 Å². The maximum Gasteiger partial charge on any atom is 0.146 e. The SMILES string of the molecule is Cc1cc(F)ccc1C(C#N)Nc1ccccc1F. The molecule has 1 atom stereocenters. The highest BCUT2D eigenvalue weighted by atomic mass is 19.1. The van der Waals surface area contributed by atoms with Gasteiger partial charge in [0.25, 0.3) is 0 Å². The topological polar surface area (TPSA) is 35.8 Å². The predicted molar refractivity (Wildman–Crippen MR) is 69.5 cm³/mol. The van der Waals surface area contributed by atoms with Crippen molar-refractivity contribution >= 4 is 5.69 Å². The second kappa shape index (κ2) is 5.49. The number of anilines is 1. The van der Waals surface area contributed by atoms with Crippen molar-refractivity contribution in [2.75, 3.05) is 5.32 Å². The van der Waals surface area contributed by atoms with Crippen LogP contribution in [0.1, 0.15) is 17.2 Å². The Morgan fingerprint density at radius 3 is 2.53 bits per heavy atom. The van der Waals surface area contributed by atoms with Crippen molar-refractivity contribution in [3.8, 4) is 6.07 Å². The van der Waals surface area contributed by atoms with Crippen molar-refractivity contribution in [2.24, 2.45) is 0 Å². The van der Waals surface area contributed by atoms with E-state index in [1.165, 1.54) is 24.3 Å². The largest absolute Gasteiger partial charge is 0.364 e. The van der Waals surface area contributed by atoms with Gasteiger partial charge in [-0.25, -0.2) is 8.78 Å². The lowest BCUT2D eigenvalue weighted by Gasteiger charge is -2.16. The summed E-state index contributed by atoms with van der Waals surface area (Å²) in [6, 6.07) is 11.6. The number of nitrogens with one attached hydrogen (secondary N) is 1. The van der Waals surface area contributed by atoms with Crippen molar-refractivity contribution in [3.05, 3.63) is 65.2 Å². The first kappa shape index (κ1) is 13.0. The minimum Gasteiger partial charge on any atom is -0.364 e. The van der Waals surface area contributed by atoms with Crippen LogP contribution in [0.25, 0.3) is 0 Å². The summed E-state index contributed by atoms with van der Waals surface area (Å²) in [4.78, 5) is 0. The Kier molecular flexibility index (Phi) is 3.76. The number of nitriles is 1. The molecule has 0 aliphatic rings. The number of aryl methyl sites for hydroxylation is 1. The molecule has 96 valence electrons. The van der Waals surface area contributed by atoms with E-state index in [0.717, 1.165) is 0 Å². The average Bonchev–Trinajstić information content (AvgIpc) is 2.39. The van der Waals surface area contributed by atoms with Gasteiger partial charge in [0.2, 0.25) is 0 Å². The van der Waals surface area contributed by atoms with Gasteiger partial charge in [-0.1, -0.05) is 18.2 Å². The smallest absolute Gasteiger partial charge is 0.146 e. The highest BCUT2D eigenvalue weighted by Crippen LogP contribution is 2.24. The molecule has 2 aromatic carbocycles. The number of nitrogens with zero attached hydrogens (tertiary/aromatic N) is 1. The average molecular weight is 258 g/mol. The number of para-hydroxylation sites is 1. The van der Waals surface area contributed by atoms with Gasteiger partial charge in [-0.05, 0) is 42.3 Å². The fourth-order valence-corrected chi connectivity index (χ4v) is 1.88. The van der Waals surface area contributed by atoms with Gasteiger partial charge < -0.3 is 5.32 Å². The summed E-state index contributed by atoms with van der Waals surface area (Å²) in [6.45, 7) is 1.71. The highest BCUT2D eigenvalue weighted by Gasteiger charge is 2.14. The predicted octanol–water partition coefficient (Wildman–Crippen LogP) is 3.95. The fourth-order valence-electron chi connectivity index (χ4n) is 1.88. The van der Waals surface area contributed by atoms with Gasteiger partial charge in [0.05, 0.1) is 11.8 Å². The van der Waals surface area contributed by atoms with E-state index in [4.69, 9.17) is 0 Å². The lowest BCUT2D eigenvalue weighted by molar-refractivity contribution is 0.624. The molecule has 2 rings (SSSR count). The lowest BCUT2D eigenvalue weighted by Crippen LogP contribution is -2.11. The molecule has 2 nitrogen and oxygen atoms in total. The van der Waals surface area contributed by atoms with Crippen molar-refractivity contribution in [1.82, 2.24) is 0 Å². The summed E-state index contributed by atoms with van der Waals surface area (Å²) in [5, 5.41) is 12.0. The molecule has 0 amide bonds. The molecule has 0 fully saturated rings. The van der Waals surface area contributed by atoms with E-state index in [0.29, 0.717) is 11.1 Å². The minimum absolute atomic E-state index is 0.248. The molecule has 2 aromatic rings. The molecule has 0 spiro atoms. The number of rotatable bonds is 3. The Morgan fingerprint density at radius 1 is 1.16 bits per heavy atom. The van der Waals surface area contributed by atoms with Crippen molar-refractivity contribution < 1.29 is 8.78 Å². The van der Waals surface area contributed by atoms with Gasteiger partial charge in [-0.2, -0.15) is 5.26 Å². The van der Waals surface area contributed by atoms with E-state index in [9.17, 15) is 14.0 Å². The standard InChI is InChI=1S/C15H12F2N2/c1-10-8-11(16)6-7-12(10)15(9-18)19-14-5-3-2-4-13(14)17/h2-8,15,19H,1H3. The fraction of sp³-hybridized carbons (Fsp3) is 0.133. The first-order valence-corrected chi connectivity index (χ1v) is 5.78. The maximum atomic E-state index is 13.5. The van der Waals surface area contributed by atoms with Gasteiger partial charge >= 0.3 is 0 Å². The molecular formula is C15H12F2N2. The molecule has 0 saturated heterocycles. The lowest BCUT2D eigenvalue weighted by atomic mass is 10.0. The van der Waals surface area contributed by atoms with Crippen LogP contribution >= 0.6 is 0 Å². The number of hydrogen-bond donors (Lipinski definition) is 1. The van der Waals surface area contributed by atoms with Gasteiger partial charge in [-0.3, -0.25) is 0 Å². The Balaban J connectivity index is 2.31. The van der Waals surface area contributed by atoms with Crippen LogP contribution in [0.4, 0.5) is 14.5 Å². The molecule has 0 heterocycles. The summed E-state index contributed by atoms with van der Waals surface area (Å²) in [5.74, 6) is -0.786. The Labute approximate surface area is 110 Å². The quantitative estimate of drug-likeness (QED) is 0.904. The van der Waals surface area contributed by atoms with Crippen LogP contribution in [0.3, 0.4) is 0 Å². The summed E-state index contributed by atoms with van der Waals surface area (Å²) < 4.78 is 26.6. The number of hydrogen-bond acceptors (Lipinski definition) is 2. The normalized spacial score (nSPS) is 11.7. The Hall–Kier alpha value is -2.41. The van der Waals surface area contributed by atoms with Crippen LogP contribution in [-0.4, -0.2) is 0 Å². The van der Waals surface area contributed by atoms with E-state index in [1.54, 1.807) is 25.1 Å². The number of halogens is 2. The van der Waals surface area contributed by atoms with Gasteiger partial charge in [-0.15, -0.1) is 0 Å². The zero-order valence-electron chi connectivity index (χ0n) is 10.3. The zero-order valence-corrected chi connectivity index (χ0v) is 10.3. The highest BCUT2D eigenvalue weighted by molar-refractivity contribution is 5.49. The van der Waals surface area contributed by atoms with E-state index in [1.807, 2.05) is 0 Å². The molecule has 4 heteroatoms. The first-order valence-electron chi connectivity index (χ1n) is 5.78. The molecule has 0 radical (unpaired) electrons. The van der Waals surface area contributed by atoms with Gasteiger partial charge in [0, 0.05) is 0 Å². The van der Waals surface area contributed by atoms with Crippen LogP contribution < -0.4 is 5.32 Å². The molecule has 0 saturated carbocycles. The van der Waals surface area contributed by atoms with E-state index in [2.05, 4.69) is 11.4 Å². The second-order valence-electron chi connectivity index (χ2n) is 4.19. The van der Waals surface area contributed by atoms with Gasteiger partial charge in [0.15, 0.2) is 0 Å². The van der Waals surface area contributed by atoms with Crippen molar-refractivity contribution in [3.63, 3.8) is 0 Å². The third-order valence-corrected chi connectivity index (χ3v) is 2.85. The maximum absolute atomic E-state index is 13.5. The molecular weight excluding hydrogens is 246 g/mol. The summed E-state index contributed by atoms with van der Waals surface area (Å²) in [6.07, 6.45) is 0. The molecule has 19 heavy (non-hydrogen) atoms. The molecule has 0 aliphatic carbocycles. The number of benzene rings is 2. The third-order valence-electron chi connectivity index (χ3n) is 2.85. The van der Waals surface area contributed by atoms with E-state index >= 15 is 0 Å². The monoisotopic (exact) mass is 258 g/mol. The molecule has 0 aromatic heterocycles. The van der Waals surface area contributed by atoms with E-state index < -0.39 is 11.9 Å². The minimum atomic E-state index is -0.725. The second-order valence-corrected chi connectivity index (χ2v) is 4.19. The van der Waals surface area contributed by atoms with Crippen molar-refractivity contribution in [1.29, 1.82) is 5.26 Å². The first-order chi connectivity index (χ1) is 9.11. The van der Waals surface area contributed by atoms with E-state index in [-0.39, 0.29) is 11.5 Å². The molecule has 0 aliphatic heterocycles. The van der Waals surface area contributed by atoms with Crippen molar-refractivity contribution in [2.45, 2.75) is 13.0 Å². The summed E-state index contributed by atoms with van der Waals surface area (Å²) in [5.41, 5.74) is 1.53. The van der Waals surface area contributed by atoms with Crippen LogP contribution in [0.15, 0.2) is 42.5 Å².